The molecule has 0 aliphatic carbocycles. The molecule has 0 bridgehead atoms. The van der Waals surface area contributed by atoms with Gasteiger partial charge < -0.3 is 10.1 Å². The maximum Gasteiger partial charge on any atom is 0.263 e. The van der Waals surface area contributed by atoms with E-state index in [0.29, 0.717) is 22.2 Å². The number of carbonyl (C=O) groups excluding carboxylic acids is 1. The van der Waals surface area contributed by atoms with Crippen molar-refractivity contribution in [1.82, 2.24) is 5.32 Å². The lowest BCUT2D eigenvalue weighted by molar-refractivity contribution is -0.135. The molecule has 0 spiro atoms. The highest BCUT2D eigenvalue weighted by Crippen LogP contribution is 2.27. The standard InChI is InChI=1S/C26H26Cl2FNO2/c1-17(30-25(31)26(2,3)32-23-13-11-21(28)12-14-23)24(19-5-4-6-22(29)16-19)15-18-7-9-20(27)10-8-18/h4-14,16-17,24H,15H2,1-3H3,(H,30,31)/t17-,24+/m0/s1. The van der Waals surface area contributed by atoms with Crippen molar-refractivity contribution in [2.75, 3.05) is 0 Å². The summed E-state index contributed by atoms with van der Waals surface area (Å²) in [5, 5.41) is 4.31. The Bertz CT molecular complexity index is 1050. The summed E-state index contributed by atoms with van der Waals surface area (Å²) < 4.78 is 19.9. The molecular weight excluding hydrogens is 448 g/mol. The molecule has 3 aromatic rings. The van der Waals surface area contributed by atoms with Crippen LogP contribution in [0, 0.1) is 5.82 Å². The number of ether oxygens (including phenoxy) is 1. The topological polar surface area (TPSA) is 38.3 Å². The van der Waals surface area contributed by atoms with Gasteiger partial charge in [0, 0.05) is 22.0 Å². The molecule has 3 nitrogen and oxygen atoms in total. The molecule has 6 heteroatoms. The van der Waals surface area contributed by atoms with Crippen molar-refractivity contribution < 1.29 is 13.9 Å². The molecular formula is C26H26Cl2FNO2. The van der Waals surface area contributed by atoms with Crippen LogP contribution < -0.4 is 10.1 Å². The first kappa shape index (κ1) is 24.1. The molecule has 32 heavy (non-hydrogen) atoms. The van der Waals surface area contributed by atoms with Crippen LogP contribution in [0.2, 0.25) is 10.0 Å². The molecule has 2 atom stereocenters. The maximum absolute atomic E-state index is 14.0. The number of amides is 1. The van der Waals surface area contributed by atoms with E-state index < -0.39 is 5.60 Å². The molecule has 0 aliphatic rings. The largest absolute Gasteiger partial charge is 0.478 e. The summed E-state index contributed by atoms with van der Waals surface area (Å²) in [5.74, 6) is -0.182. The average Bonchev–Trinajstić information content (AvgIpc) is 2.74. The SMILES string of the molecule is C[C@H](NC(=O)C(C)(C)Oc1ccc(Cl)cc1)[C@@H](Cc1ccc(Cl)cc1)c1cccc(F)c1. The number of benzene rings is 3. The van der Waals surface area contributed by atoms with Crippen LogP contribution in [0.3, 0.4) is 0 Å². The van der Waals surface area contributed by atoms with E-state index in [0.717, 1.165) is 11.1 Å². The van der Waals surface area contributed by atoms with E-state index in [1.54, 1.807) is 44.2 Å². The summed E-state index contributed by atoms with van der Waals surface area (Å²) in [7, 11) is 0. The van der Waals surface area contributed by atoms with Crippen molar-refractivity contribution in [1.29, 1.82) is 0 Å². The molecule has 0 fully saturated rings. The van der Waals surface area contributed by atoms with E-state index in [1.807, 2.05) is 37.3 Å². The van der Waals surface area contributed by atoms with Gasteiger partial charge in [-0.05, 0) is 86.8 Å². The van der Waals surface area contributed by atoms with Crippen LogP contribution in [0.5, 0.6) is 5.75 Å². The molecule has 1 N–H and O–H groups in total. The van der Waals surface area contributed by atoms with E-state index in [-0.39, 0.29) is 23.7 Å². The predicted octanol–water partition coefficient (Wildman–Crippen LogP) is 6.82. The highest BCUT2D eigenvalue weighted by Gasteiger charge is 2.33. The minimum Gasteiger partial charge on any atom is -0.478 e. The van der Waals surface area contributed by atoms with Crippen LogP contribution in [0.15, 0.2) is 72.8 Å². The normalized spacial score (nSPS) is 13.3. The Hall–Kier alpha value is -2.56. The first-order chi connectivity index (χ1) is 15.1. The Morgan fingerprint density at radius 2 is 1.59 bits per heavy atom. The van der Waals surface area contributed by atoms with E-state index in [9.17, 15) is 9.18 Å². The number of carbonyl (C=O) groups is 1. The Balaban J connectivity index is 1.78. The van der Waals surface area contributed by atoms with Crippen LogP contribution in [0.25, 0.3) is 0 Å². The van der Waals surface area contributed by atoms with Crippen molar-refractivity contribution in [3.63, 3.8) is 0 Å². The average molecular weight is 474 g/mol. The van der Waals surface area contributed by atoms with E-state index in [2.05, 4.69) is 5.32 Å². The molecule has 0 saturated heterocycles. The third kappa shape index (κ3) is 6.47. The first-order valence-electron chi connectivity index (χ1n) is 10.4. The number of halogens is 3. The second-order valence-corrected chi connectivity index (χ2v) is 9.19. The molecule has 3 rings (SSSR count). The van der Waals surface area contributed by atoms with Gasteiger partial charge in [-0.1, -0.05) is 47.5 Å². The number of nitrogens with one attached hydrogen (secondary N) is 1. The van der Waals surface area contributed by atoms with Gasteiger partial charge in [-0.25, -0.2) is 4.39 Å². The number of hydrogen-bond acceptors (Lipinski definition) is 2. The highest BCUT2D eigenvalue weighted by atomic mass is 35.5. The zero-order chi connectivity index (χ0) is 23.3. The van der Waals surface area contributed by atoms with Gasteiger partial charge >= 0.3 is 0 Å². The molecule has 168 valence electrons. The second kappa shape index (κ2) is 10.4. The summed E-state index contributed by atoms with van der Waals surface area (Å²) >= 11 is 11.9. The van der Waals surface area contributed by atoms with Crippen LogP contribution >= 0.6 is 23.2 Å². The smallest absolute Gasteiger partial charge is 0.263 e. The van der Waals surface area contributed by atoms with Gasteiger partial charge in [0.15, 0.2) is 5.60 Å². The molecule has 0 radical (unpaired) electrons. The van der Waals surface area contributed by atoms with Gasteiger partial charge in [0.25, 0.3) is 5.91 Å². The summed E-state index contributed by atoms with van der Waals surface area (Å²) in [6.07, 6.45) is 0.612. The summed E-state index contributed by atoms with van der Waals surface area (Å²) in [6.45, 7) is 5.34. The molecule has 3 aromatic carbocycles. The number of hydrogen-bond donors (Lipinski definition) is 1. The van der Waals surface area contributed by atoms with E-state index in [4.69, 9.17) is 27.9 Å². The molecule has 0 saturated carbocycles. The van der Waals surface area contributed by atoms with Gasteiger partial charge in [-0.3, -0.25) is 4.79 Å². The van der Waals surface area contributed by atoms with Gasteiger partial charge in [0.05, 0.1) is 0 Å². The van der Waals surface area contributed by atoms with Gasteiger partial charge in [-0.15, -0.1) is 0 Å². The fourth-order valence-corrected chi connectivity index (χ4v) is 3.77. The van der Waals surface area contributed by atoms with Gasteiger partial charge in [0.2, 0.25) is 0 Å². The van der Waals surface area contributed by atoms with E-state index in [1.165, 1.54) is 12.1 Å². The second-order valence-electron chi connectivity index (χ2n) is 8.32. The Kier molecular flexibility index (Phi) is 7.81. The zero-order valence-electron chi connectivity index (χ0n) is 18.2. The van der Waals surface area contributed by atoms with Gasteiger partial charge in [0.1, 0.15) is 11.6 Å². The summed E-state index contributed by atoms with van der Waals surface area (Å²) in [4.78, 5) is 13.1. The maximum atomic E-state index is 14.0. The quantitative estimate of drug-likeness (QED) is 0.389. The Morgan fingerprint density at radius 3 is 2.19 bits per heavy atom. The minimum absolute atomic E-state index is 0.151. The van der Waals surface area contributed by atoms with Crippen LogP contribution in [0.1, 0.15) is 37.8 Å². The van der Waals surface area contributed by atoms with Crippen molar-refractivity contribution in [2.45, 2.75) is 44.8 Å². The lowest BCUT2D eigenvalue weighted by Crippen LogP contribution is -2.51. The zero-order valence-corrected chi connectivity index (χ0v) is 19.8. The third-order valence-electron chi connectivity index (χ3n) is 5.34. The number of rotatable bonds is 8. The highest BCUT2D eigenvalue weighted by molar-refractivity contribution is 6.30. The minimum atomic E-state index is -1.12. The van der Waals surface area contributed by atoms with Crippen LogP contribution in [0.4, 0.5) is 4.39 Å². The predicted molar refractivity (Wildman–Crippen MR) is 128 cm³/mol. The summed E-state index contributed by atoms with van der Waals surface area (Å²) in [5.41, 5.74) is 0.736. The van der Waals surface area contributed by atoms with E-state index >= 15 is 0 Å². The monoisotopic (exact) mass is 473 g/mol. The van der Waals surface area contributed by atoms with Crippen LogP contribution in [-0.4, -0.2) is 17.6 Å². The fourth-order valence-electron chi connectivity index (χ4n) is 3.52. The van der Waals surface area contributed by atoms with Crippen LogP contribution in [-0.2, 0) is 11.2 Å². The Morgan fingerprint density at radius 1 is 1.00 bits per heavy atom. The molecule has 0 heterocycles. The van der Waals surface area contributed by atoms with Crippen molar-refractivity contribution in [3.05, 3.63) is 99.8 Å². The van der Waals surface area contributed by atoms with Gasteiger partial charge in [-0.2, -0.15) is 0 Å². The van der Waals surface area contributed by atoms with Crippen molar-refractivity contribution in [2.24, 2.45) is 0 Å². The van der Waals surface area contributed by atoms with Crippen molar-refractivity contribution in [3.8, 4) is 5.75 Å². The third-order valence-corrected chi connectivity index (χ3v) is 5.85. The summed E-state index contributed by atoms with van der Waals surface area (Å²) in [6, 6.07) is 20.6. The molecule has 0 unspecified atom stereocenters. The molecule has 1 amide bonds. The fraction of sp³-hybridized carbons (Fsp3) is 0.269. The molecule has 0 aliphatic heterocycles. The lowest BCUT2D eigenvalue weighted by Gasteiger charge is -2.31. The Labute approximate surface area is 198 Å². The lowest BCUT2D eigenvalue weighted by atomic mass is 9.86. The van der Waals surface area contributed by atoms with Crippen molar-refractivity contribution >= 4 is 29.1 Å². The molecule has 0 aromatic heterocycles. The first-order valence-corrected chi connectivity index (χ1v) is 11.1.